The van der Waals surface area contributed by atoms with Crippen LogP contribution in [0.15, 0.2) is 30.3 Å². The van der Waals surface area contributed by atoms with Crippen molar-refractivity contribution in [1.29, 1.82) is 0 Å². The minimum atomic E-state index is -0.292. The van der Waals surface area contributed by atoms with Gasteiger partial charge in [-0.15, -0.1) is 11.3 Å². The second kappa shape index (κ2) is 8.43. The van der Waals surface area contributed by atoms with Gasteiger partial charge in [-0.3, -0.25) is 9.59 Å². The Morgan fingerprint density at radius 1 is 1.22 bits per heavy atom. The molecule has 1 aromatic heterocycles. The standard InChI is InChI=1S/C17H20N2O3S/c1-3-8-14(20)18-17-19-16(12-9-6-5-7-10-12)13(23-17)11-15(21)22-4-2/h5-7,9-10H,3-4,8,11H2,1-2H3,(H,18,19,20). The van der Waals surface area contributed by atoms with E-state index in [-0.39, 0.29) is 18.3 Å². The Labute approximate surface area is 139 Å². The maximum absolute atomic E-state index is 11.8. The molecular formula is C17H20N2O3S. The zero-order valence-electron chi connectivity index (χ0n) is 13.3. The summed E-state index contributed by atoms with van der Waals surface area (Å²) in [6.45, 7) is 4.07. The molecule has 0 spiro atoms. The van der Waals surface area contributed by atoms with E-state index in [4.69, 9.17) is 4.74 Å². The largest absolute Gasteiger partial charge is 0.466 e. The maximum atomic E-state index is 11.8. The zero-order valence-corrected chi connectivity index (χ0v) is 14.1. The SMILES string of the molecule is CCCC(=O)Nc1nc(-c2ccccc2)c(CC(=O)OCC)s1. The van der Waals surface area contributed by atoms with Gasteiger partial charge in [0.2, 0.25) is 5.91 Å². The Morgan fingerprint density at radius 2 is 1.96 bits per heavy atom. The lowest BCUT2D eigenvalue weighted by Gasteiger charge is -2.02. The number of hydrogen-bond donors (Lipinski definition) is 1. The van der Waals surface area contributed by atoms with E-state index in [1.807, 2.05) is 37.3 Å². The molecule has 122 valence electrons. The van der Waals surface area contributed by atoms with Crippen molar-refractivity contribution in [3.05, 3.63) is 35.2 Å². The number of benzene rings is 1. The number of nitrogens with one attached hydrogen (secondary N) is 1. The van der Waals surface area contributed by atoms with Gasteiger partial charge in [-0.25, -0.2) is 4.98 Å². The first-order chi connectivity index (χ1) is 11.1. The van der Waals surface area contributed by atoms with Crippen LogP contribution < -0.4 is 5.32 Å². The molecule has 6 heteroatoms. The summed E-state index contributed by atoms with van der Waals surface area (Å²) in [5.41, 5.74) is 1.63. The number of carbonyl (C=O) groups excluding carboxylic acids is 2. The number of rotatable bonds is 7. The van der Waals surface area contributed by atoms with E-state index in [1.165, 1.54) is 11.3 Å². The third-order valence-electron chi connectivity index (χ3n) is 3.08. The number of hydrogen-bond acceptors (Lipinski definition) is 5. The van der Waals surface area contributed by atoms with Crippen molar-refractivity contribution >= 4 is 28.3 Å². The topological polar surface area (TPSA) is 68.3 Å². The lowest BCUT2D eigenvalue weighted by molar-refractivity contribution is -0.142. The van der Waals surface area contributed by atoms with Crippen LogP contribution in [0.25, 0.3) is 11.3 Å². The number of esters is 1. The van der Waals surface area contributed by atoms with Gasteiger partial charge in [0.1, 0.15) is 0 Å². The first-order valence-electron chi connectivity index (χ1n) is 7.64. The molecule has 0 bridgehead atoms. The molecular weight excluding hydrogens is 312 g/mol. The minimum Gasteiger partial charge on any atom is -0.466 e. The van der Waals surface area contributed by atoms with Crippen LogP contribution in [-0.2, 0) is 20.7 Å². The smallest absolute Gasteiger partial charge is 0.311 e. The molecule has 1 amide bonds. The van der Waals surface area contributed by atoms with Gasteiger partial charge < -0.3 is 10.1 Å². The molecule has 1 heterocycles. The van der Waals surface area contributed by atoms with E-state index >= 15 is 0 Å². The van der Waals surface area contributed by atoms with Gasteiger partial charge in [0.05, 0.1) is 18.7 Å². The van der Waals surface area contributed by atoms with Gasteiger partial charge >= 0.3 is 5.97 Å². The van der Waals surface area contributed by atoms with Gasteiger partial charge in [0.25, 0.3) is 0 Å². The Hall–Kier alpha value is -2.21. The number of carbonyl (C=O) groups is 2. The fourth-order valence-corrected chi connectivity index (χ4v) is 3.08. The second-order valence-corrected chi connectivity index (χ2v) is 6.02. The molecule has 0 unspecified atom stereocenters. The Bertz CT molecular complexity index is 668. The molecule has 0 aliphatic heterocycles. The van der Waals surface area contributed by atoms with E-state index in [9.17, 15) is 9.59 Å². The van der Waals surface area contributed by atoms with Gasteiger partial charge in [0, 0.05) is 16.9 Å². The molecule has 2 aromatic rings. The highest BCUT2D eigenvalue weighted by atomic mass is 32.1. The van der Waals surface area contributed by atoms with Crippen LogP contribution in [0.4, 0.5) is 5.13 Å². The summed E-state index contributed by atoms with van der Waals surface area (Å²) in [6, 6.07) is 9.61. The normalized spacial score (nSPS) is 10.3. The molecule has 0 aliphatic carbocycles. The van der Waals surface area contributed by atoms with Crippen molar-refractivity contribution in [2.75, 3.05) is 11.9 Å². The molecule has 2 rings (SSSR count). The van der Waals surface area contributed by atoms with E-state index in [0.29, 0.717) is 18.2 Å². The monoisotopic (exact) mass is 332 g/mol. The summed E-state index contributed by atoms with van der Waals surface area (Å²) in [7, 11) is 0. The van der Waals surface area contributed by atoms with Crippen molar-refractivity contribution in [2.45, 2.75) is 33.1 Å². The highest BCUT2D eigenvalue weighted by molar-refractivity contribution is 7.16. The van der Waals surface area contributed by atoms with Gasteiger partial charge in [-0.2, -0.15) is 0 Å². The first-order valence-corrected chi connectivity index (χ1v) is 8.46. The molecule has 0 radical (unpaired) electrons. The van der Waals surface area contributed by atoms with E-state index < -0.39 is 0 Å². The number of anilines is 1. The van der Waals surface area contributed by atoms with Crippen molar-refractivity contribution in [3.8, 4) is 11.3 Å². The first kappa shape index (κ1) is 17.1. The van der Waals surface area contributed by atoms with Crippen LogP contribution in [0.1, 0.15) is 31.6 Å². The molecule has 0 fully saturated rings. The summed E-state index contributed by atoms with van der Waals surface area (Å²) in [6.07, 6.45) is 1.38. The fraction of sp³-hybridized carbons (Fsp3) is 0.353. The fourth-order valence-electron chi connectivity index (χ4n) is 2.10. The molecule has 1 aromatic carbocycles. The van der Waals surface area contributed by atoms with Gasteiger partial charge in [-0.05, 0) is 13.3 Å². The summed E-state index contributed by atoms with van der Waals surface area (Å²) in [5, 5.41) is 3.31. The van der Waals surface area contributed by atoms with E-state index in [1.54, 1.807) is 6.92 Å². The average Bonchev–Trinajstić information content (AvgIpc) is 2.90. The lowest BCUT2D eigenvalue weighted by Crippen LogP contribution is -2.10. The molecule has 5 nitrogen and oxygen atoms in total. The Morgan fingerprint density at radius 3 is 2.61 bits per heavy atom. The zero-order chi connectivity index (χ0) is 16.7. The molecule has 0 aliphatic rings. The van der Waals surface area contributed by atoms with Crippen LogP contribution in [0.3, 0.4) is 0 Å². The second-order valence-electron chi connectivity index (χ2n) is 4.94. The quantitative estimate of drug-likeness (QED) is 0.786. The van der Waals surface area contributed by atoms with Crippen molar-refractivity contribution in [3.63, 3.8) is 0 Å². The Kier molecular flexibility index (Phi) is 6.29. The highest BCUT2D eigenvalue weighted by Crippen LogP contribution is 2.31. The predicted molar refractivity (Wildman–Crippen MR) is 91.4 cm³/mol. The van der Waals surface area contributed by atoms with Crippen molar-refractivity contribution < 1.29 is 14.3 Å². The minimum absolute atomic E-state index is 0.0662. The molecule has 0 atom stereocenters. The summed E-state index contributed by atoms with van der Waals surface area (Å²) < 4.78 is 5.02. The number of thiazole rings is 1. The third-order valence-corrected chi connectivity index (χ3v) is 4.05. The Balaban J connectivity index is 2.28. The van der Waals surface area contributed by atoms with Crippen LogP contribution in [0.5, 0.6) is 0 Å². The molecule has 0 saturated carbocycles. The van der Waals surface area contributed by atoms with Gasteiger partial charge in [0.15, 0.2) is 5.13 Å². The average molecular weight is 332 g/mol. The predicted octanol–water partition coefficient (Wildman–Crippen LogP) is 3.65. The maximum Gasteiger partial charge on any atom is 0.311 e. The van der Waals surface area contributed by atoms with Crippen molar-refractivity contribution in [2.24, 2.45) is 0 Å². The lowest BCUT2D eigenvalue weighted by atomic mass is 10.1. The third kappa shape index (κ3) is 4.89. The summed E-state index contributed by atoms with van der Waals surface area (Å²) >= 11 is 1.32. The molecule has 1 N–H and O–H groups in total. The molecule has 23 heavy (non-hydrogen) atoms. The van der Waals surface area contributed by atoms with Crippen molar-refractivity contribution in [1.82, 2.24) is 4.98 Å². The van der Waals surface area contributed by atoms with Crippen LogP contribution >= 0.6 is 11.3 Å². The van der Waals surface area contributed by atoms with E-state index in [2.05, 4.69) is 10.3 Å². The number of nitrogens with zero attached hydrogens (tertiary/aromatic N) is 1. The number of ether oxygens (including phenoxy) is 1. The van der Waals surface area contributed by atoms with Crippen LogP contribution in [-0.4, -0.2) is 23.5 Å². The number of aromatic nitrogens is 1. The molecule has 0 saturated heterocycles. The van der Waals surface area contributed by atoms with Crippen LogP contribution in [0.2, 0.25) is 0 Å². The van der Waals surface area contributed by atoms with E-state index in [0.717, 1.165) is 22.6 Å². The summed E-state index contributed by atoms with van der Waals surface area (Å²) in [4.78, 5) is 28.8. The van der Waals surface area contributed by atoms with Crippen LogP contribution in [0, 0.1) is 0 Å². The summed E-state index contributed by atoms with van der Waals surface area (Å²) in [5.74, 6) is -0.358. The number of amides is 1. The highest BCUT2D eigenvalue weighted by Gasteiger charge is 2.17. The van der Waals surface area contributed by atoms with Gasteiger partial charge in [-0.1, -0.05) is 37.3 Å².